The van der Waals surface area contributed by atoms with Crippen molar-refractivity contribution in [1.82, 2.24) is 9.88 Å². The molecule has 2 rings (SSSR count). The molecule has 1 amide bonds. The lowest BCUT2D eigenvalue weighted by Crippen LogP contribution is -2.27. The number of nitrogens with one attached hydrogen (secondary N) is 1. The minimum atomic E-state index is -0.147. The van der Waals surface area contributed by atoms with Crippen LogP contribution in [0.3, 0.4) is 0 Å². The minimum Gasteiger partial charge on any atom is -0.397 e. The van der Waals surface area contributed by atoms with Crippen molar-refractivity contribution in [2.45, 2.75) is 13.0 Å². The summed E-state index contributed by atoms with van der Waals surface area (Å²) in [5, 5.41) is 2.92. The zero-order valence-electron chi connectivity index (χ0n) is 10.1. The quantitative estimate of drug-likeness (QED) is 0.910. The molecule has 0 saturated heterocycles. The predicted molar refractivity (Wildman–Crippen MR) is 75.0 cm³/mol. The van der Waals surface area contributed by atoms with E-state index in [2.05, 4.69) is 5.32 Å². The zero-order valence-corrected chi connectivity index (χ0v) is 11.7. The second kappa shape index (κ2) is 5.04. The Hall–Kier alpha value is -1.46. The summed E-state index contributed by atoms with van der Waals surface area (Å²) in [7, 11) is 1.79. The van der Waals surface area contributed by atoms with Gasteiger partial charge in [0.2, 0.25) is 0 Å². The molecule has 0 radical (unpaired) electrons. The topological polar surface area (TPSA) is 60.1 Å². The molecule has 4 nitrogen and oxygen atoms in total. The summed E-state index contributed by atoms with van der Waals surface area (Å²) in [4.78, 5) is 13.1. The molecular weight excluding hydrogens is 270 g/mol. The van der Waals surface area contributed by atoms with Gasteiger partial charge in [-0.3, -0.25) is 4.79 Å². The van der Waals surface area contributed by atoms with Crippen LogP contribution in [-0.4, -0.2) is 10.5 Å². The minimum absolute atomic E-state index is 0.0777. The summed E-state index contributed by atoms with van der Waals surface area (Å²) in [6.45, 7) is 1.92. The number of carbonyl (C=O) groups is 1. The first-order valence-electron chi connectivity index (χ1n) is 5.45. The van der Waals surface area contributed by atoms with Crippen LogP contribution in [0.1, 0.15) is 28.3 Å². The third-order valence-corrected chi connectivity index (χ3v) is 4.04. The van der Waals surface area contributed by atoms with Crippen molar-refractivity contribution in [2.24, 2.45) is 7.05 Å². The Morgan fingerprint density at radius 3 is 2.78 bits per heavy atom. The molecule has 1 unspecified atom stereocenters. The molecule has 1 atom stereocenters. The van der Waals surface area contributed by atoms with E-state index >= 15 is 0 Å². The average molecular weight is 284 g/mol. The number of carbonyl (C=O) groups excluding carboxylic acids is 1. The number of anilines is 1. The second-order valence-corrected chi connectivity index (χ2v) is 5.85. The number of hydrogen-bond donors (Lipinski definition) is 2. The summed E-state index contributed by atoms with van der Waals surface area (Å²) >= 11 is 7.33. The Labute approximate surface area is 114 Å². The van der Waals surface area contributed by atoms with E-state index < -0.39 is 0 Å². The highest BCUT2D eigenvalue weighted by Gasteiger charge is 2.15. The van der Waals surface area contributed by atoms with Crippen molar-refractivity contribution < 1.29 is 4.79 Å². The van der Waals surface area contributed by atoms with Crippen LogP contribution < -0.4 is 11.1 Å². The van der Waals surface area contributed by atoms with E-state index in [9.17, 15) is 4.79 Å². The van der Waals surface area contributed by atoms with Crippen LogP contribution in [0.15, 0.2) is 24.4 Å². The van der Waals surface area contributed by atoms with Gasteiger partial charge in [0.15, 0.2) is 0 Å². The number of aromatic nitrogens is 1. The van der Waals surface area contributed by atoms with E-state index in [1.165, 1.54) is 11.3 Å². The monoisotopic (exact) mass is 283 g/mol. The van der Waals surface area contributed by atoms with Crippen molar-refractivity contribution in [3.05, 3.63) is 39.3 Å². The molecule has 0 bridgehead atoms. The summed E-state index contributed by atoms with van der Waals surface area (Å²) < 4.78 is 2.42. The first-order chi connectivity index (χ1) is 8.47. The number of nitrogens with zero attached hydrogens (tertiary/aromatic N) is 1. The van der Waals surface area contributed by atoms with Gasteiger partial charge < -0.3 is 15.6 Å². The fourth-order valence-corrected chi connectivity index (χ4v) is 2.78. The molecule has 0 saturated carbocycles. The molecule has 2 aromatic heterocycles. The molecule has 6 heteroatoms. The van der Waals surface area contributed by atoms with Crippen LogP contribution in [0.25, 0.3) is 0 Å². The second-order valence-electron chi connectivity index (χ2n) is 4.11. The maximum absolute atomic E-state index is 12.1. The summed E-state index contributed by atoms with van der Waals surface area (Å²) in [5.41, 5.74) is 6.77. The Kier molecular flexibility index (Phi) is 3.63. The lowest BCUT2D eigenvalue weighted by molar-refractivity contribution is 0.0932. The van der Waals surface area contributed by atoms with Crippen LogP contribution in [0.2, 0.25) is 4.34 Å². The van der Waals surface area contributed by atoms with Gasteiger partial charge in [-0.1, -0.05) is 11.6 Å². The van der Waals surface area contributed by atoms with Gasteiger partial charge in [0, 0.05) is 18.1 Å². The number of thiophene rings is 1. The van der Waals surface area contributed by atoms with E-state index in [1.807, 2.05) is 19.1 Å². The maximum atomic E-state index is 12.1. The Morgan fingerprint density at radius 1 is 1.56 bits per heavy atom. The highest BCUT2D eigenvalue weighted by atomic mass is 35.5. The van der Waals surface area contributed by atoms with E-state index in [0.717, 1.165) is 4.88 Å². The number of aryl methyl sites for hydroxylation is 1. The van der Waals surface area contributed by atoms with E-state index in [-0.39, 0.29) is 11.9 Å². The molecule has 0 aliphatic carbocycles. The number of halogens is 1. The highest BCUT2D eigenvalue weighted by Crippen LogP contribution is 2.26. The van der Waals surface area contributed by atoms with Crippen LogP contribution in [-0.2, 0) is 7.05 Å². The fourth-order valence-electron chi connectivity index (χ4n) is 1.72. The normalized spacial score (nSPS) is 12.4. The summed E-state index contributed by atoms with van der Waals surface area (Å²) in [6.07, 6.45) is 1.71. The Bertz CT molecular complexity index is 576. The van der Waals surface area contributed by atoms with Gasteiger partial charge in [-0.15, -0.1) is 11.3 Å². The average Bonchev–Trinajstić information content (AvgIpc) is 2.84. The molecule has 0 fully saturated rings. The van der Waals surface area contributed by atoms with Crippen molar-refractivity contribution in [1.29, 1.82) is 0 Å². The molecule has 96 valence electrons. The number of amides is 1. The largest absolute Gasteiger partial charge is 0.397 e. The number of hydrogen-bond acceptors (Lipinski definition) is 3. The van der Waals surface area contributed by atoms with Crippen LogP contribution in [0.4, 0.5) is 5.69 Å². The van der Waals surface area contributed by atoms with Crippen molar-refractivity contribution in [3.8, 4) is 0 Å². The molecule has 3 N–H and O–H groups in total. The fraction of sp³-hybridized carbons (Fsp3) is 0.250. The molecule has 2 heterocycles. The van der Waals surface area contributed by atoms with Gasteiger partial charge in [0.1, 0.15) is 5.69 Å². The van der Waals surface area contributed by atoms with Gasteiger partial charge in [-0.2, -0.15) is 0 Å². The van der Waals surface area contributed by atoms with Gasteiger partial charge in [0.25, 0.3) is 5.91 Å². The van der Waals surface area contributed by atoms with Crippen LogP contribution in [0, 0.1) is 0 Å². The molecule has 0 spiro atoms. The van der Waals surface area contributed by atoms with Crippen molar-refractivity contribution >= 4 is 34.5 Å². The van der Waals surface area contributed by atoms with E-state index in [1.54, 1.807) is 23.9 Å². The molecule has 18 heavy (non-hydrogen) atoms. The van der Waals surface area contributed by atoms with Gasteiger partial charge in [-0.05, 0) is 25.1 Å². The first kappa shape index (κ1) is 13.0. The molecule has 0 aliphatic rings. The van der Waals surface area contributed by atoms with E-state index in [4.69, 9.17) is 17.3 Å². The predicted octanol–water partition coefficient (Wildman–Crippen LogP) is 2.81. The van der Waals surface area contributed by atoms with Crippen molar-refractivity contribution in [2.75, 3.05) is 5.73 Å². The number of nitrogens with two attached hydrogens (primary N) is 1. The smallest absolute Gasteiger partial charge is 0.268 e. The van der Waals surface area contributed by atoms with Gasteiger partial charge in [-0.25, -0.2) is 0 Å². The van der Waals surface area contributed by atoms with Crippen molar-refractivity contribution in [3.63, 3.8) is 0 Å². The van der Waals surface area contributed by atoms with Gasteiger partial charge >= 0.3 is 0 Å². The molecule has 2 aromatic rings. The SMILES string of the molecule is CC(NC(=O)c1cc(N)cn1C)c1ccc(Cl)s1. The number of nitrogen functional groups attached to an aromatic ring is 1. The van der Waals surface area contributed by atoms with Crippen LogP contribution in [0.5, 0.6) is 0 Å². The third-order valence-electron chi connectivity index (χ3n) is 2.63. The Balaban J connectivity index is 2.10. The third kappa shape index (κ3) is 2.68. The first-order valence-corrected chi connectivity index (χ1v) is 6.64. The number of rotatable bonds is 3. The summed E-state index contributed by atoms with van der Waals surface area (Å²) in [5.74, 6) is -0.147. The van der Waals surface area contributed by atoms with E-state index in [0.29, 0.717) is 15.7 Å². The molecular formula is C12H14ClN3OS. The Morgan fingerprint density at radius 2 is 2.28 bits per heavy atom. The van der Waals surface area contributed by atoms with Crippen LogP contribution >= 0.6 is 22.9 Å². The lowest BCUT2D eigenvalue weighted by atomic mass is 10.2. The standard InChI is InChI=1S/C12H14ClN3OS/c1-7(10-3-4-11(13)18-10)15-12(17)9-5-8(14)6-16(9)2/h3-7H,14H2,1-2H3,(H,15,17). The summed E-state index contributed by atoms with van der Waals surface area (Å²) in [6, 6.07) is 5.32. The molecule has 0 aromatic carbocycles. The zero-order chi connectivity index (χ0) is 13.3. The van der Waals surface area contributed by atoms with Gasteiger partial charge in [0.05, 0.1) is 16.1 Å². The lowest BCUT2D eigenvalue weighted by Gasteiger charge is -2.12. The highest BCUT2D eigenvalue weighted by molar-refractivity contribution is 7.16. The molecule has 0 aliphatic heterocycles. The maximum Gasteiger partial charge on any atom is 0.268 e.